The number of sulfonamides is 1. The molecule has 192 valence electrons. The number of methoxy groups -OCH3 is 1. The molecule has 9 heteroatoms. The van der Waals surface area contributed by atoms with E-state index in [0.717, 1.165) is 30.2 Å². The summed E-state index contributed by atoms with van der Waals surface area (Å²) in [6.45, 7) is 6.62. The van der Waals surface area contributed by atoms with Gasteiger partial charge < -0.3 is 9.47 Å². The Labute approximate surface area is 218 Å². The Balaban J connectivity index is 1.80. The van der Waals surface area contributed by atoms with E-state index in [1.54, 1.807) is 37.5 Å². The quantitative estimate of drug-likeness (QED) is 0.183. The van der Waals surface area contributed by atoms with Gasteiger partial charge in [-0.25, -0.2) is 0 Å². The minimum absolute atomic E-state index is 0.0622. The Kier molecular flexibility index (Phi) is 10.2. The summed E-state index contributed by atoms with van der Waals surface area (Å²) in [4.78, 5) is 14.8. The standard InChI is InChI=1S/C27H32N2O5S2/c1-4-6-7-8-12-18-34-23-16-15-21(19-24(23)33-3)20-25-26(30)29(17-5-2)27(35-25)28-36(31,32)22-13-10-9-11-14-22/h5,9-11,13-16,19-20H,2,4,6-8,12,17-18H2,1,3H3. The largest absolute Gasteiger partial charge is 0.493 e. The molecule has 36 heavy (non-hydrogen) atoms. The molecule has 0 N–H and O–H groups in total. The first-order valence-corrected chi connectivity index (χ1v) is 14.2. The molecule has 1 amide bonds. The fourth-order valence-corrected chi connectivity index (χ4v) is 5.76. The molecule has 2 aromatic carbocycles. The lowest BCUT2D eigenvalue weighted by Gasteiger charge is -2.12. The van der Waals surface area contributed by atoms with E-state index in [9.17, 15) is 13.2 Å². The lowest BCUT2D eigenvalue weighted by molar-refractivity contribution is -0.121. The van der Waals surface area contributed by atoms with Crippen molar-refractivity contribution in [1.29, 1.82) is 0 Å². The third-order valence-corrected chi connectivity index (χ3v) is 7.83. The lowest BCUT2D eigenvalue weighted by atomic mass is 10.1. The SMILES string of the molecule is C=CCN1C(=O)C(=Cc2ccc(OCCCCCCC)c(OC)c2)SC1=NS(=O)(=O)c1ccccc1. The minimum Gasteiger partial charge on any atom is -0.493 e. The number of benzene rings is 2. The summed E-state index contributed by atoms with van der Waals surface area (Å²) in [5.74, 6) is 0.871. The molecule has 0 aromatic heterocycles. The third-order valence-electron chi connectivity index (χ3n) is 5.43. The van der Waals surface area contributed by atoms with E-state index in [-0.39, 0.29) is 22.5 Å². The number of amidine groups is 1. The molecule has 0 aliphatic carbocycles. The van der Waals surface area contributed by atoms with Gasteiger partial charge in [0, 0.05) is 6.54 Å². The fraction of sp³-hybridized carbons (Fsp3) is 0.333. The normalized spacial score (nSPS) is 16.1. The Morgan fingerprint density at radius 1 is 1.06 bits per heavy atom. The molecule has 1 aliphatic rings. The first-order chi connectivity index (χ1) is 17.4. The second-order valence-corrected chi connectivity index (χ2v) is 10.8. The maximum Gasteiger partial charge on any atom is 0.284 e. The van der Waals surface area contributed by atoms with Crippen molar-refractivity contribution < 1.29 is 22.7 Å². The van der Waals surface area contributed by atoms with Crippen LogP contribution in [0.25, 0.3) is 6.08 Å². The second kappa shape index (κ2) is 13.3. The number of amides is 1. The predicted octanol–water partition coefficient (Wildman–Crippen LogP) is 5.89. The number of hydrogen-bond acceptors (Lipinski definition) is 6. The molecule has 1 fully saturated rings. The Hall–Kier alpha value is -3.04. The van der Waals surface area contributed by atoms with E-state index < -0.39 is 10.0 Å². The average Bonchev–Trinajstić information content (AvgIpc) is 3.15. The molecule has 3 rings (SSSR count). The first-order valence-electron chi connectivity index (χ1n) is 11.9. The fourth-order valence-electron chi connectivity index (χ4n) is 3.55. The Bertz CT molecular complexity index is 1220. The Morgan fingerprint density at radius 2 is 1.81 bits per heavy atom. The van der Waals surface area contributed by atoms with Gasteiger partial charge in [0.2, 0.25) is 0 Å². The van der Waals surface area contributed by atoms with Gasteiger partial charge in [0.25, 0.3) is 15.9 Å². The van der Waals surface area contributed by atoms with Crippen molar-refractivity contribution >= 4 is 38.9 Å². The van der Waals surface area contributed by atoms with Crippen LogP contribution in [-0.2, 0) is 14.8 Å². The zero-order valence-corrected chi connectivity index (χ0v) is 22.3. The van der Waals surface area contributed by atoms with Crippen molar-refractivity contribution in [2.75, 3.05) is 20.3 Å². The summed E-state index contributed by atoms with van der Waals surface area (Å²) in [7, 11) is -2.40. The van der Waals surface area contributed by atoms with Gasteiger partial charge in [-0.3, -0.25) is 9.69 Å². The van der Waals surface area contributed by atoms with E-state index in [1.807, 2.05) is 12.1 Å². The van der Waals surface area contributed by atoms with Crippen LogP contribution in [0.1, 0.15) is 44.6 Å². The van der Waals surface area contributed by atoms with Crippen molar-refractivity contribution in [2.45, 2.75) is 43.9 Å². The molecular weight excluding hydrogens is 496 g/mol. The monoisotopic (exact) mass is 528 g/mol. The number of unbranched alkanes of at least 4 members (excludes halogenated alkanes) is 4. The van der Waals surface area contributed by atoms with Crippen molar-refractivity contribution in [3.8, 4) is 11.5 Å². The summed E-state index contributed by atoms with van der Waals surface area (Å²) in [5.41, 5.74) is 0.726. The van der Waals surface area contributed by atoms with Gasteiger partial charge in [-0.05, 0) is 54.1 Å². The zero-order valence-electron chi connectivity index (χ0n) is 20.7. The molecule has 2 aromatic rings. The molecular formula is C27H32N2O5S2. The van der Waals surface area contributed by atoms with Gasteiger partial charge in [-0.15, -0.1) is 11.0 Å². The highest BCUT2D eigenvalue weighted by molar-refractivity contribution is 8.19. The summed E-state index contributed by atoms with van der Waals surface area (Å²) in [6, 6.07) is 13.4. The molecule has 0 bridgehead atoms. The highest BCUT2D eigenvalue weighted by Gasteiger charge is 2.34. The lowest BCUT2D eigenvalue weighted by Crippen LogP contribution is -2.29. The number of thioether (sulfide) groups is 1. The van der Waals surface area contributed by atoms with Crippen molar-refractivity contribution in [3.63, 3.8) is 0 Å². The molecule has 7 nitrogen and oxygen atoms in total. The van der Waals surface area contributed by atoms with Crippen LogP contribution in [0.2, 0.25) is 0 Å². The van der Waals surface area contributed by atoms with E-state index >= 15 is 0 Å². The second-order valence-electron chi connectivity index (χ2n) is 8.15. The molecule has 0 radical (unpaired) electrons. The number of hydrogen-bond donors (Lipinski definition) is 0. The topological polar surface area (TPSA) is 85.3 Å². The molecule has 0 saturated carbocycles. The van der Waals surface area contributed by atoms with Crippen LogP contribution in [0.15, 0.2) is 75.4 Å². The predicted molar refractivity (Wildman–Crippen MR) is 146 cm³/mol. The van der Waals surface area contributed by atoms with Crippen molar-refractivity contribution in [2.24, 2.45) is 4.40 Å². The number of nitrogens with zero attached hydrogens (tertiary/aromatic N) is 2. The van der Waals surface area contributed by atoms with Crippen molar-refractivity contribution in [3.05, 3.63) is 71.7 Å². The summed E-state index contributed by atoms with van der Waals surface area (Å²) in [6.07, 6.45) is 8.97. The zero-order chi connectivity index (χ0) is 26.0. The molecule has 1 aliphatic heterocycles. The third kappa shape index (κ3) is 7.24. The summed E-state index contributed by atoms with van der Waals surface area (Å²) in [5, 5.41) is 0.0880. The van der Waals surface area contributed by atoms with Gasteiger partial charge in [-0.1, -0.05) is 62.9 Å². The smallest absolute Gasteiger partial charge is 0.284 e. The van der Waals surface area contributed by atoms with Gasteiger partial charge in [-0.2, -0.15) is 8.42 Å². The van der Waals surface area contributed by atoms with Crippen LogP contribution in [0.4, 0.5) is 0 Å². The number of carbonyl (C=O) groups excluding carboxylic acids is 1. The van der Waals surface area contributed by atoms with Crippen LogP contribution in [0, 0.1) is 0 Å². The minimum atomic E-state index is -3.97. The van der Waals surface area contributed by atoms with Crippen LogP contribution in [0.5, 0.6) is 11.5 Å². The first kappa shape index (κ1) is 27.5. The number of rotatable bonds is 13. The Morgan fingerprint density at radius 3 is 2.50 bits per heavy atom. The molecule has 1 heterocycles. The van der Waals surface area contributed by atoms with Gasteiger partial charge >= 0.3 is 0 Å². The van der Waals surface area contributed by atoms with Gasteiger partial charge in [0.15, 0.2) is 16.7 Å². The maximum atomic E-state index is 13.1. The molecule has 0 atom stereocenters. The van der Waals surface area contributed by atoms with E-state index in [1.165, 1.54) is 42.4 Å². The highest BCUT2D eigenvalue weighted by atomic mass is 32.2. The van der Waals surface area contributed by atoms with Crippen LogP contribution < -0.4 is 9.47 Å². The van der Waals surface area contributed by atoms with E-state index in [0.29, 0.717) is 23.0 Å². The summed E-state index contributed by atoms with van der Waals surface area (Å²) < 4.78 is 40.9. The van der Waals surface area contributed by atoms with Gasteiger partial charge in [0.05, 0.1) is 23.5 Å². The van der Waals surface area contributed by atoms with Crippen molar-refractivity contribution in [1.82, 2.24) is 4.90 Å². The van der Waals surface area contributed by atoms with Crippen LogP contribution in [0.3, 0.4) is 0 Å². The van der Waals surface area contributed by atoms with E-state index in [2.05, 4.69) is 17.9 Å². The molecule has 0 spiro atoms. The average molecular weight is 529 g/mol. The van der Waals surface area contributed by atoms with E-state index in [4.69, 9.17) is 9.47 Å². The molecule has 1 saturated heterocycles. The summed E-state index contributed by atoms with van der Waals surface area (Å²) >= 11 is 1.01. The highest BCUT2D eigenvalue weighted by Crippen LogP contribution is 2.35. The molecule has 0 unspecified atom stereocenters. The number of carbonyl (C=O) groups is 1. The number of ether oxygens (including phenoxy) is 2. The van der Waals surface area contributed by atoms with Crippen LogP contribution >= 0.6 is 11.8 Å². The maximum absolute atomic E-state index is 13.1. The van der Waals surface area contributed by atoms with Crippen LogP contribution in [-0.4, -0.2) is 44.7 Å². The van der Waals surface area contributed by atoms with Gasteiger partial charge in [0.1, 0.15) is 0 Å².